The predicted molar refractivity (Wildman–Crippen MR) is 116 cm³/mol. The molecule has 1 aromatic carbocycles. The lowest BCUT2D eigenvalue weighted by Crippen LogP contribution is -2.49. The molecule has 1 heterocycles. The summed E-state index contributed by atoms with van der Waals surface area (Å²) < 4.78 is 0. The molecule has 1 aliphatic rings. The van der Waals surface area contributed by atoms with Gasteiger partial charge in [-0.25, -0.2) is 4.79 Å². The van der Waals surface area contributed by atoms with E-state index in [1.165, 1.54) is 4.90 Å². The molecule has 156 valence electrons. The molecule has 0 saturated carbocycles. The maximum absolute atomic E-state index is 12.6. The van der Waals surface area contributed by atoms with Gasteiger partial charge in [0.25, 0.3) is 0 Å². The average molecular weight is 389 g/mol. The van der Waals surface area contributed by atoms with Gasteiger partial charge in [-0.15, -0.1) is 0 Å². The van der Waals surface area contributed by atoms with Crippen LogP contribution in [0.2, 0.25) is 0 Å². The summed E-state index contributed by atoms with van der Waals surface area (Å²) in [6, 6.07) is 7.74. The van der Waals surface area contributed by atoms with Crippen molar-refractivity contribution in [1.82, 2.24) is 9.80 Å². The second kappa shape index (κ2) is 9.30. The van der Waals surface area contributed by atoms with E-state index in [0.717, 1.165) is 44.0 Å². The number of anilines is 2. The van der Waals surface area contributed by atoms with Crippen LogP contribution in [0.5, 0.6) is 0 Å². The van der Waals surface area contributed by atoms with Crippen molar-refractivity contribution in [2.24, 2.45) is 11.3 Å². The Kier molecular flexibility index (Phi) is 7.33. The van der Waals surface area contributed by atoms with Crippen LogP contribution < -0.4 is 10.2 Å². The highest BCUT2D eigenvalue weighted by molar-refractivity contribution is 5.89. The van der Waals surface area contributed by atoms with Gasteiger partial charge in [0, 0.05) is 58.1 Å². The van der Waals surface area contributed by atoms with Crippen LogP contribution in [0, 0.1) is 11.3 Å². The van der Waals surface area contributed by atoms with Gasteiger partial charge in [-0.05, 0) is 42.0 Å². The van der Waals surface area contributed by atoms with E-state index in [9.17, 15) is 9.59 Å². The quantitative estimate of drug-likeness (QED) is 0.832. The molecule has 0 aliphatic carbocycles. The largest absolute Gasteiger partial charge is 0.368 e. The lowest BCUT2D eigenvalue weighted by Gasteiger charge is -2.37. The van der Waals surface area contributed by atoms with Crippen LogP contribution in [0.3, 0.4) is 0 Å². The zero-order valence-electron chi connectivity index (χ0n) is 18.3. The van der Waals surface area contributed by atoms with E-state index in [-0.39, 0.29) is 17.4 Å². The zero-order valence-corrected chi connectivity index (χ0v) is 18.3. The van der Waals surface area contributed by atoms with Crippen molar-refractivity contribution < 1.29 is 9.59 Å². The molecule has 6 nitrogen and oxygen atoms in total. The number of urea groups is 1. The van der Waals surface area contributed by atoms with Crippen molar-refractivity contribution in [3.8, 4) is 0 Å². The van der Waals surface area contributed by atoms with E-state index in [0.29, 0.717) is 12.3 Å². The number of hydrogen-bond acceptors (Lipinski definition) is 3. The fourth-order valence-electron chi connectivity index (χ4n) is 3.75. The maximum Gasteiger partial charge on any atom is 0.321 e. The summed E-state index contributed by atoms with van der Waals surface area (Å²) >= 11 is 0. The van der Waals surface area contributed by atoms with E-state index in [1.807, 2.05) is 29.2 Å². The summed E-state index contributed by atoms with van der Waals surface area (Å²) in [5, 5.41) is 2.84. The van der Waals surface area contributed by atoms with E-state index in [2.05, 4.69) is 37.9 Å². The Morgan fingerprint density at radius 3 is 2.14 bits per heavy atom. The van der Waals surface area contributed by atoms with Crippen LogP contribution in [0.4, 0.5) is 16.2 Å². The molecular formula is C22H36N4O2. The molecule has 28 heavy (non-hydrogen) atoms. The van der Waals surface area contributed by atoms with Gasteiger partial charge in [0.15, 0.2) is 0 Å². The molecule has 0 bridgehead atoms. The molecular weight excluding hydrogens is 352 g/mol. The molecule has 6 heteroatoms. The predicted octanol–water partition coefficient (Wildman–Crippen LogP) is 3.89. The number of amides is 3. The Morgan fingerprint density at radius 1 is 1.07 bits per heavy atom. The number of carbonyl (C=O) groups excluding carboxylic acids is 2. The summed E-state index contributed by atoms with van der Waals surface area (Å²) in [6.07, 6.45) is 1.70. The number of piperazine rings is 1. The third-order valence-electron chi connectivity index (χ3n) is 5.01. The van der Waals surface area contributed by atoms with Crippen molar-refractivity contribution in [2.75, 3.05) is 50.5 Å². The standard InChI is InChI=1S/C22H36N4O2/c1-17(16-22(2,3)4)15-20(27)26-13-11-25(12-14-26)19-9-7-18(8-10-19)23-21(28)24(5)6/h7-10,17H,11-16H2,1-6H3,(H,23,28). The fraction of sp³-hybridized carbons (Fsp3) is 0.636. The van der Waals surface area contributed by atoms with Crippen LogP contribution in [0.15, 0.2) is 24.3 Å². The number of carbonyl (C=O) groups is 2. The van der Waals surface area contributed by atoms with E-state index < -0.39 is 0 Å². The van der Waals surface area contributed by atoms with Crippen LogP contribution in [0.25, 0.3) is 0 Å². The molecule has 0 spiro atoms. The molecule has 0 radical (unpaired) electrons. The minimum absolute atomic E-state index is 0.138. The number of nitrogens with one attached hydrogen (secondary N) is 1. The van der Waals surface area contributed by atoms with E-state index in [4.69, 9.17) is 0 Å². The second-order valence-corrected chi connectivity index (χ2v) is 9.31. The highest BCUT2D eigenvalue weighted by Crippen LogP contribution is 2.27. The molecule has 2 rings (SSSR count). The fourth-order valence-corrected chi connectivity index (χ4v) is 3.75. The first kappa shape index (κ1) is 22.1. The van der Waals surface area contributed by atoms with Crippen molar-refractivity contribution in [3.05, 3.63) is 24.3 Å². The first-order valence-electron chi connectivity index (χ1n) is 10.2. The van der Waals surface area contributed by atoms with Crippen LogP contribution in [0.1, 0.15) is 40.5 Å². The number of benzene rings is 1. The molecule has 1 N–H and O–H groups in total. The van der Waals surface area contributed by atoms with Crippen LogP contribution >= 0.6 is 0 Å². The summed E-state index contributed by atoms with van der Waals surface area (Å²) in [7, 11) is 3.43. The lowest BCUT2D eigenvalue weighted by atomic mass is 9.84. The number of hydrogen-bond donors (Lipinski definition) is 1. The Labute approximate surface area is 169 Å². The third-order valence-corrected chi connectivity index (χ3v) is 5.01. The molecule has 1 saturated heterocycles. The minimum Gasteiger partial charge on any atom is -0.368 e. The minimum atomic E-state index is -0.138. The SMILES string of the molecule is CC(CC(=O)N1CCN(c2ccc(NC(=O)N(C)C)cc2)CC1)CC(C)(C)C. The second-order valence-electron chi connectivity index (χ2n) is 9.31. The molecule has 1 aliphatic heterocycles. The monoisotopic (exact) mass is 388 g/mol. The van der Waals surface area contributed by atoms with Gasteiger partial charge in [0.05, 0.1) is 0 Å². The topological polar surface area (TPSA) is 55.9 Å². The zero-order chi connectivity index (χ0) is 20.9. The number of nitrogens with zero attached hydrogens (tertiary/aromatic N) is 3. The normalized spacial score (nSPS) is 15.9. The lowest BCUT2D eigenvalue weighted by molar-refractivity contribution is -0.132. The smallest absolute Gasteiger partial charge is 0.321 e. The Hall–Kier alpha value is -2.24. The molecule has 1 fully saturated rings. The first-order valence-corrected chi connectivity index (χ1v) is 10.2. The highest BCUT2D eigenvalue weighted by Gasteiger charge is 2.24. The van der Waals surface area contributed by atoms with Crippen molar-refractivity contribution in [3.63, 3.8) is 0 Å². The molecule has 1 unspecified atom stereocenters. The van der Waals surface area contributed by atoms with Gasteiger partial charge in [-0.3, -0.25) is 4.79 Å². The molecule has 1 atom stereocenters. The van der Waals surface area contributed by atoms with Crippen LogP contribution in [-0.2, 0) is 4.79 Å². The summed E-state index contributed by atoms with van der Waals surface area (Å²) in [5.41, 5.74) is 2.16. The third kappa shape index (κ3) is 6.73. The van der Waals surface area contributed by atoms with Crippen molar-refractivity contribution in [1.29, 1.82) is 0 Å². The summed E-state index contributed by atoms with van der Waals surface area (Å²) in [5.74, 6) is 0.689. The van der Waals surface area contributed by atoms with E-state index >= 15 is 0 Å². The summed E-state index contributed by atoms with van der Waals surface area (Å²) in [6.45, 7) is 12.1. The maximum atomic E-state index is 12.6. The molecule has 0 aromatic heterocycles. The Bertz CT molecular complexity index is 656. The van der Waals surface area contributed by atoms with Crippen molar-refractivity contribution >= 4 is 23.3 Å². The van der Waals surface area contributed by atoms with E-state index in [1.54, 1.807) is 14.1 Å². The van der Waals surface area contributed by atoms with Gasteiger partial charge in [0.2, 0.25) is 5.91 Å². The van der Waals surface area contributed by atoms with Gasteiger partial charge in [0.1, 0.15) is 0 Å². The van der Waals surface area contributed by atoms with Gasteiger partial charge >= 0.3 is 6.03 Å². The highest BCUT2D eigenvalue weighted by atomic mass is 16.2. The Balaban J connectivity index is 1.83. The Morgan fingerprint density at radius 2 is 1.64 bits per heavy atom. The van der Waals surface area contributed by atoms with Gasteiger partial charge < -0.3 is 20.0 Å². The van der Waals surface area contributed by atoms with Crippen LogP contribution in [-0.4, -0.2) is 62.0 Å². The van der Waals surface area contributed by atoms with Gasteiger partial charge in [-0.2, -0.15) is 0 Å². The summed E-state index contributed by atoms with van der Waals surface area (Å²) in [4.78, 5) is 30.1. The average Bonchev–Trinajstić information content (AvgIpc) is 2.60. The van der Waals surface area contributed by atoms with Crippen molar-refractivity contribution in [2.45, 2.75) is 40.5 Å². The first-order chi connectivity index (χ1) is 13.0. The number of rotatable bonds is 5. The molecule has 3 amide bonds. The van der Waals surface area contributed by atoms with Gasteiger partial charge in [-0.1, -0.05) is 27.7 Å². The molecule has 1 aromatic rings.